The quantitative estimate of drug-likeness (QED) is 0.635. The molecule has 3 N–H and O–H groups in total. The first-order chi connectivity index (χ1) is 5.69. The van der Waals surface area contributed by atoms with Crippen molar-refractivity contribution in [3.63, 3.8) is 0 Å². The smallest absolute Gasteiger partial charge is 0.192 e. The Hall–Kier alpha value is -1.72. The molecule has 0 fully saturated rings. The van der Waals surface area contributed by atoms with Gasteiger partial charge in [0.2, 0.25) is 0 Å². The van der Waals surface area contributed by atoms with Crippen molar-refractivity contribution >= 4 is 17.3 Å². The van der Waals surface area contributed by atoms with Crippen molar-refractivity contribution in [2.24, 2.45) is 5.18 Å². The van der Waals surface area contributed by atoms with Crippen molar-refractivity contribution in [3.05, 3.63) is 10.7 Å². The monoisotopic (exact) mass is 167 g/mol. The third kappa shape index (κ3) is 1.31. The number of rotatable bonds is 2. The standard InChI is InChI=1S/C6H9N5O/c1-3-9-5(7)4(11-12)6(8-2)10-3/h1-2H3,(H3,7,8,9,10). The molecule has 6 heteroatoms. The zero-order valence-electron chi connectivity index (χ0n) is 6.83. The van der Waals surface area contributed by atoms with E-state index in [0.29, 0.717) is 11.6 Å². The lowest BCUT2D eigenvalue weighted by Crippen LogP contribution is -2.01. The predicted molar refractivity (Wildman–Crippen MR) is 46.2 cm³/mol. The number of aryl methyl sites for hydroxylation is 1. The van der Waals surface area contributed by atoms with E-state index in [2.05, 4.69) is 20.5 Å². The highest BCUT2D eigenvalue weighted by Gasteiger charge is 2.09. The summed E-state index contributed by atoms with van der Waals surface area (Å²) in [7, 11) is 1.63. The van der Waals surface area contributed by atoms with Crippen LogP contribution >= 0.6 is 0 Å². The van der Waals surface area contributed by atoms with E-state index in [0.717, 1.165) is 0 Å². The van der Waals surface area contributed by atoms with E-state index in [1.54, 1.807) is 14.0 Å². The van der Waals surface area contributed by atoms with Gasteiger partial charge in [0.05, 0.1) is 0 Å². The largest absolute Gasteiger partial charge is 0.382 e. The molecule has 1 aromatic heterocycles. The SMILES string of the molecule is CNc1nc(C)nc(N)c1N=O. The van der Waals surface area contributed by atoms with Gasteiger partial charge < -0.3 is 11.1 Å². The van der Waals surface area contributed by atoms with Gasteiger partial charge in [-0.2, -0.15) is 0 Å². The van der Waals surface area contributed by atoms with Gasteiger partial charge in [0.25, 0.3) is 0 Å². The van der Waals surface area contributed by atoms with Crippen LogP contribution < -0.4 is 11.1 Å². The first-order valence-corrected chi connectivity index (χ1v) is 3.34. The highest BCUT2D eigenvalue weighted by molar-refractivity contribution is 5.71. The lowest BCUT2D eigenvalue weighted by Gasteiger charge is -2.03. The van der Waals surface area contributed by atoms with E-state index in [9.17, 15) is 4.91 Å². The second kappa shape index (κ2) is 3.12. The van der Waals surface area contributed by atoms with E-state index < -0.39 is 0 Å². The van der Waals surface area contributed by atoms with E-state index in [4.69, 9.17) is 5.73 Å². The van der Waals surface area contributed by atoms with Crippen molar-refractivity contribution in [1.29, 1.82) is 0 Å². The van der Waals surface area contributed by atoms with Crippen molar-refractivity contribution in [2.75, 3.05) is 18.1 Å². The molecule has 0 bridgehead atoms. The van der Waals surface area contributed by atoms with Crippen molar-refractivity contribution < 1.29 is 0 Å². The van der Waals surface area contributed by atoms with Gasteiger partial charge in [-0.15, -0.1) is 4.91 Å². The molecule has 0 unspecified atom stereocenters. The third-order valence-corrected chi connectivity index (χ3v) is 1.35. The summed E-state index contributed by atoms with van der Waals surface area (Å²) in [6.45, 7) is 1.69. The molecular formula is C6H9N5O. The molecule has 0 amide bonds. The summed E-state index contributed by atoms with van der Waals surface area (Å²) in [5.41, 5.74) is 5.48. The van der Waals surface area contributed by atoms with Crippen LogP contribution in [0.5, 0.6) is 0 Å². The first kappa shape index (κ1) is 8.38. The molecule has 12 heavy (non-hydrogen) atoms. The lowest BCUT2D eigenvalue weighted by atomic mass is 10.4. The molecule has 0 aliphatic rings. The van der Waals surface area contributed by atoms with E-state index in [-0.39, 0.29) is 11.5 Å². The number of nitroso groups, excluding NO2 is 1. The number of nitrogens with one attached hydrogen (secondary N) is 1. The summed E-state index contributed by atoms with van der Waals surface area (Å²) >= 11 is 0. The summed E-state index contributed by atoms with van der Waals surface area (Å²) in [6, 6.07) is 0. The fourth-order valence-electron chi connectivity index (χ4n) is 0.853. The Morgan fingerprint density at radius 3 is 2.67 bits per heavy atom. The van der Waals surface area contributed by atoms with E-state index >= 15 is 0 Å². The van der Waals surface area contributed by atoms with Crippen LogP contribution in [0.2, 0.25) is 0 Å². The van der Waals surface area contributed by atoms with Gasteiger partial charge in [-0.05, 0) is 12.1 Å². The number of hydrogen-bond acceptors (Lipinski definition) is 6. The molecule has 0 aliphatic carbocycles. The molecule has 64 valence electrons. The zero-order valence-corrected chi connectivity index (χ0v) is 6.83. The second-order valence-electron chi connectivity index (χ2n) is 2.19. The molecule has 0 aromatic carbocycles. The van der Waals surface area contributed by atoms with Crippen LogP contribution in [0.15, 0.2) is 5.18 Å². The highest BCUT2D eigenvalue weighted by atomic mass is 16.3. The number of nitrogens with zero attached hydrogens (tertiary/aromatic N) is 3. The topological polar surface area (TPSA) is 93.3 Å². The average Bonchev–Trinajstić information content (AvgIpc) is 2.03. The Morgan fingerprint density at radius 1 is 1.50 bits per heavy atom. The Balaban J connectivity index is 3.33. The van der Waals surface area contributed by atoms with E-state index in [1.165, 1.54) is 0 Å². The first-order valence-electron chi connectivity index (χ1n) is 3.34. The molecule has 6 nitrogen and oxygen atoms in total. The van der Waals surface area contributed by atoms with Gasteiger partial charge in [0, 0.05) is 7.05 Å². The normalized spacial score (nSPS) is 9.50. The summed E-state index contributed by atoms with van der Waals surface area (Å²) in [5, 5.41) is 5.42. The van der Waals surface area contributed by atoms with Gasteiger partial charge >= 0.3 is 0 Å². The molecule has 0 saturated heterocycles. The predicted octanol–water partition coefficient (Wildman–Crippen LogP) is 0.807. The highest BCUT2D eigenvalue weighted by Crippen LogP contribution is 2.27. The average molecular weight is 167 g/mol. The van der Waals surface area contributed by atoms with Crippen LogP contribution in [-0.4, -0.2) is 17.0 Å². The number of nitrogen functional groups attached to an aromatic ring is 1. The maximum Gasteiger partial charge on any atom is 0.192 e. The minimum atomic E-state index is 0.0584. The van der Waals surface area contributed by atoms with Crippen molar-refractivity contribution in [2.45, 2.75) is 6.92 Å². The summed E-state index contributed by atoms with van der Waals surface area (Å²) < 4.78 is 0. The molecule has 0 radical (unpaired) electrons. The fourth-order valence-corrected chi connectivity index (χ4v) is 0.853. The Morgan fingerprint density at radius 2 is 2.17 bits per heavy atom. The van der Waals surface area contributed by atoms with Gasteiger partial charge in [-0.3, -0.25) is 0 Å². The molecular weight excluding hydrogens is 158 g/mol. The lowest BCUT2D eigenvalue weighted by molar-refractivity contribution is 1.06. The van der Waals surface area contributed by atoms with Gasteiger partial charge in [-0.1, -0.05) is 0 Å². The van der Waals surface area contributed by atoms with Crippen molar-refractivity contribution in [3.8, 4) is 0 Å². The van der Waals surface area contributed by atoms with Gasteiger partial charge in [0.1, 0.15) is 5.82 Å². The second-order valence-corrected chi connectivity index (χ2v) is 2.19. The molecule has 0 saturated carbocycles. The van der Waals surface area contributed by atoms with Crippen LogP contribution in [0.4, 0.5) is 17.3 Å². The van der Waals surface area contributed by atoms with Crippen LogP contribution in [0.25, 0.3) is 0 Å². The zero-order chi connectivity index (χ0) is 9.14. The molecule has 0 aliphatic heterocycles. The fraction of sp³-hybridized carbons (Fsp3) is 0.333. The minimum Gasteiger partial charge on any atom is -0.382 e. The number of aromatic nitrogens is 2. The number of hydrogen-bond donors (Lipinski definition) is 2. The summed E-state index contributed by atoms with van der Waals surface area (Å²) in [6.07, 6.45) is 0. The summed E-state index contributed by atoms with van der Waals surface area (Å²) in [5.74, 6) is 0.959. The number of anilines is 2. The van der Waals surface area contributed by atoms with Crippen LogP contribution in [0.3, 0.4) is 0 Å². The number of nitrogens with two attached hydrogens (primary N) is 1. The van der Waals surface area contributed by atoms with Crippen molar-refractivity contribution in [1.82, 2.24) is 9.97 Å². The van der Waals surface area contributed by atoms with Crippen LogP contribution in [-0.2, 0) is 0 Å². The minimum absolute atomic E-state index is 0.0584. The molecule has 1 heterocycles. The van der Waals surface area contributed by atoms with Crippen LogP contribution in [0.1, 0.15) is 5.82 Å². The molecule has 0 spiro atoms. The molecule has 1 aromatic rings. The molecule has 0 atom stereocenters. The third-order valence-electron chi connectivity index (χ3n) is 1.35. The Bertz CT molecular complexity index is 311. The van der Waals surface area contributed by atoms with Crippen LogP contribution in [0, 0.1) is 11.8 Å². The summed E-state index contributed by atoms with van der Waals surface area (Å²) in [4.78, 5) is 18.0. The van der Waals surface area contributed by atoms with Gasteiger partial charge in [-0.25, -0.2) is 9.97 Å². The van der Waals surface area contributed by atoms with E-state index in [1.807, 2.05) is 0 Å². The Kier molecular flexibility index (Phi) is 2.18. The van der Waals surface area contributed by atoms with Gasteiger partial charge in [0.15, 0.2) is 17.3 Å². The maximum atomic E-state index is 10.3. The maximum absolute atomic E-state index is 10.3. The molecule has 1 rings (SSSR count). The Labute approximate surface area is 69.2 Å².